The Morgan fingerprint density at radius 2 is 1.81 bits per heavy atom. The van der Waals surface area contributed by atoms with Crippen LogP contribution in [0.5, 0.6) is 5.75 Å². The highest BCUT2D eigenvalue weighted by Crippen LogP contribution is 2.27. The van der Waals surface area contributed by atoms with Gasteiger partial charge in [0.2, 0.25) is 5.89 Å². The molecular weight excluding hydrogens is 471 g/mol. The summed E-state index contributed by atoms with van der Waals surface area (Å²) < 4.78 is 23.9. The number of halogens is 1. The molecule has 1 atom stereocenters. The average Bonchev–Trinajstić information content (AvgIpc) is 3.45. The molecule has 4 rings (SSSR count). The van der Waals surface area contributed by atoms with Crippen LogP contribution in [0.1, 0.15) is 35.1 Å². The topological polar surface area (TPSA) is 103 Å². The molecule has 0 fully saturated rings. The monoisotopic (exact) mass is 500 g/mol. The molecule has 3 aromatic carbocycles. The van der Waals surface area contributed by atoms with Gasteiger partial charge in [0.15, 0.2) is 5.76 Å². The van der Waals surface area contributed by atoms with E-state index in [-0.39, 0.29) is 11.7 Å². The molecule has 1 amide bonds. The third-order valence-electron chi connectivity index (χ3n) is 5.84. The summed E-state index contributed by atoms with van der Waals surface area (Å²) in [6.45, 7) is -0.452. The zero-order chi connectivity index (χ0) is 26.0. The second-order valence-corrected chi connectivity index (χ2v) is 8.41. The van der Waals surface area contributed by atoms with E-state index >= 15 is 0 Å². The predicted molar refractivity (Wildman–Crippen MR) is 142 cm³/mol. The van der Waals surface area contributed by atoms with Gasteiger partial charge < -0.3 is 20.2 Å². The Morgan fingerprint density at radius 1 is 1.05 bits per heavy atom. The number of methoxy groups -OCH3 is 1. The fourth-order valence-corrected chi connectivity index (χ4v) is 3.87. The maximum atomic E-state index is 13.3. The van der Waals surface area contributed by atoms with Crippen molar-refractivity contribution in [3.8, 4) is 28.2 Å². The average molecular weight is 501 g/mol. The van der Waals surface area contributed by atoms with Crippen molar-refractivity contribution >= 4 is 11.7 Å². The molecule has 4 aromatic rings. The first-order valence-electron chi connectivity index (χ1n) is 12.0. The molecule has 0 spiro atoms. The second kappa shape index (κ2) is 12.5. The summed E-state index contributed by atoms with van der Waals surface area (Å²) in [5.41, 5.74) is 8.74. The van der Waals surface area contributed by atoms with E-state index in [0.29, 0.717) is 36.6 Å². The zero-order valence-corrected chi connectivity index (χ0v) is 20.6. The quantitative estimate of drug-likeness (QED) is 0.159. The highest BCUT2D eigenvalue weighted by Gasteiger charge is 2.21. The van der Waals surface area contributed by atoms with Gasteiger partial charge in [-0.3, -0.25) is 9.79 Å². The SMILES string of the molecule is COc1ccc(-c2cccc(C(=O)N[C@@H](CCCN=C(N)CF)c3ncc(-c4ccccc4)o3)c2)cc1. The number of hydrogen-bond donors (Lipinski definition) is 2. The number of aliphatic imine (C=N–C) groups is 1. The van der Waals surface area contributed by atoms with Crippen LogP contribution in [-0.2, 0) is 0 Å². The molecular formula is C29H29FN4O3. The number of hydrogen-bond acceptors (Lipinski definition) is 5. The number of carbonyl (C=O) groups is 1. The lowest BCUT2D eigenvalue weighted by Gasteiger charge is -2.16. The summed E-state index contributed by atoms with van der Waals surface area (Å²) in [5, 5.41) is 3.04. The van der Waals surface area contributed by atoms with Crippen molar-refractivity contribution in [1.29, 1.82) is 0 Å². The molecule has 37 heavy (non-hydrogen) atoms. The van der Waals surface area contributed by atoms with Crippen LogP contribution in [0.3, 0.4) is 0 Å². The highest BCUT2D eigenvalue weighted by atomic mass is 19.1. The van der Waals surface area contributed by atoms with Crippen molar-refractivity contribution in [2.75, 3.05) is 20.3 Å². The Hall–Kier alpha value is -4.46. The van der Waals surface area contributed by atoms with Crippen molar-refractivity contribution in [1.82, 2.24) is 10.3 Å². The molecule has 0 unspecified atom stereocenters. The fraction of sp³-hybridized carbons (Fsp3) is 0.207. The number of carbonyl (C=O) groups excluding carboxylic acids is 1. The summed E-state index contributed by atoms with van der Waals surface area (Å²) in [6.07, 6.45) is 2.69. The maximum absolute atomic E-state index is 13.3. The molecule has 1 heterocycles. The number of alkyl halides is 1. The molecule has 7 nitrogen and oxygen atoms in total. The third-order valence-corrected chi connectivity index (χ3v) is 5.84. The summed E-state index contributed by atoms with van der Waals surface area (Å²) >= 11 is 0. The first kappa shape index (κ1) is 25.6. The Morgan fingerprint density at radius 3 is 2.54 bits per heavy atom. The third kappa shape index (κ3) is 6.82. The van der Waals surface area contributed by atoms with Crippen LogP contribution in [0.4, 0.5) is 4.39 Å². The minimum Gasteiger partial charge on any atom is -0.497 e. The smallest absolute Gasteiger partial charge is 0.251 e. The second-order valence-electron chi connectivity index (χ2n) is 8.41. The number of amides is 1. The first-order chi connectivity index (χ1) is 18.1. The predicted octanol–water partition coefficient (Wildman–Crippen LogP) is 5.60. The summed E-state index contributed by atoms with van der Waals surface area (Å²) in [7, 11) is 1.62. The van der Waals surface area contributed by atoms with E-state index in [1.807, 2.05) is 72.8 Å². The number of benzene rings is 3. The fourth-order valence-electron chi connectivity index (χ4n) is 3.87. The van der Waals surface area contributed by atoms with E-state index in [0.717, 1.165) is 22.4 Å². The lowest BCUT2D eigenvalue weighted by Crippen LogP contribution is -2.29. The summed E-state index contributed by atoms with van der Waals surface area (Å²) in [4.78, 5) is 21.7. The number of nitrogens with zero attached hydrogens (tertiary/aromatic N) is 2. The molecule has 0 bridgehead atoms. The molecule has 1 aromatic heterocycles. The minimum atomic E-state index is -0.787. The van der Waals surface area contributed by atoms with Gasteiger partial charge in [-0.15, -0.1) is 0 Å². The van der Waals surface area contributed by atoms with Crippen molar-refractivity contribution in [3.05, 3.63) is 96.5 Å². The van der Waals surface area contributed by atoms with E-state index in [2.05, 4.69) is 15.3 Å². The van der Waals surface area contributed by atoms with Crippen LogP contribution >= 0.6 is 0 Å². The molecule has 190 valence electrons. The summed E-state index contributed by atoms with van der Waals surface area (Å²) in [6, 6.07) is 24.1. The minimum absolute atomic E-state index is 0.0431. The van der Waals surface area contributed by atoms with Gasteiger partial charge in [0.05, 0.1) is 13.3 Å². The number of nitrogens with one attached hydrogen (secondary N) is 1. The van der Waals surface area contributed by atoms with Crippen LogP contribution < -0.4 is 15.8 Å². The molecule has 0 saturated carbocycles. The number of rotatable bonds is 11. The standard InChI is InChI=1S/C29H29FN4O3/c1-36-24-14-12-20(13-15-24)22-9-5-10-23(17-22)28(35)34-25(11-6-16-32-27(31)18-30)29-33-19-26(37-29)21-7-3-2-4-8-21/h2-5,7-10,12-15,17,19,25H,6,11,16,18H2,1H3,(H2,31,32)(H,34,35)/t25-/m0/s1. The lowest BCUT2D eigenvalue weighted by atomic mass is 10.0. The summed E-state index contributed by atoms with van der Waals surface area (Å²) in [5.74, 6) is 1.46. The van der Waals surface area contributed by atoms with Gasteiger partial charge in [0, 0.05) is 17.7 Å². The van der Waals surface area contributed by atoms with Crippen LogP contribution in [0.2, 0.25) is 0 Å². The van der Waals surface area contributed by atoms with Crippen LogP contribution in [0.15, 0.2) is 94.5 Å². The molecule has 0 saturated heterocycles. The number of oxazole rings is 1. The van der Waals surface area contributed by atoms with E-state index in [1.165, 1.54) is 0 Å². The van der Waals surface area contributed by atoms with E-state index in [4.69, 9.17) is 14.9 Å². The van der Waals surface area contributed by atoms with E-state index < -0.39 is 12.7 Å². The Labute approximate surface area is 215 Å². The molecule has 0 aliphatic carbocycles. The normalized spacial score (nSPS) is 12.2. The largest absolute Gasteiger partial charge is 0.497 e. The van der Waals surface area contributed by atoms with Gasteiger partial charge in [-0.2, -0.15) is 0 Å². The highest BCUT2D eigenvalue weighted by molar-refractivity contribution is 5.95. The van der Waals surface area contributed by atoms with Crippen LogP contribution in [-0.4, -0.2) is 37.1 Å². The van der Waals surface area contributed by atoms with Crippen LogP contribution in [0.25, 0.3) is 22.5 Å². The molecule has 3 N–H and O–H groups in total. The van der Waals surface area contributed by atoms with Gasteiger partial charge in [0.25, 0.3) is 5.91 Å². The van der Waals surface area contributed by atoms with Gasteiger partial charge in [-0.1, -0.05) is 54.6 Å². The number of aromatic nitrogens is 1. The Kier molecular flexibility index (Phi) is 8.65. The van der Waals surface area contributed by atoms with E-state index in [1.54, 1.807) is 19.4 Å². The number of nitrogens with two attached hydrogens (primary N) is 1. The van der Waals surface area contributed by atoms with Gasteiger partial charge in [-0.05, 0) is 48.2 Å². The number of ether oxygens (including phenoxy) is 1. The molecule has 0 radical (unpaired) electrons. The van der Waals surface area contributed by atoms with Crippen molar-refractivity contribution in [2.24, 2.45) is 10.7 Å². The van der Waals surface area contributed by atoms with Crippen molar-refractivity contribution in [3.63, 3.8) is 0 Å². The number of amidine groups is 1. The Balaban J connectivity index is 1.53. The van der Waals surface area contributed by atoms with Crippen LogP contribution in [0, 0.1) is 0 Å². The van der Waals surface area contributed by atoms with Crippen molar-refractivity contribution in [2.45, 2.75) is 18.9 Å². The Bertz CT molecular complexity index is 1340. The van der Waals surface area contributed by atoms with Crippen molar-refractivity contribution < 1.29 is 18.3 Å². The molecule has 0 aliphatic heterocycles. The lowest BCUT2D eigenvalue weighted by molar-refractivity contribution is 0.0927. The van der Waals surface area contributed by atoms with Gasteiger partial charge in [-0.25, -0.2) is 9.37 Å². The zero-order valence-electron chi connectivity index (χ0n) is 20.6. The molecule has 0 aliphatic rings. The van der Waals surface area contributed by atoms with Gasteiger partial charge >= 0.3 is 0 Å². The van der Waals surface area contributed by atoms with Gasteiger partial charge in [0.1, 0.15) is 24.3 Å². The first-order valence-corrected chi connectivity index (χ1v) is 12.0. The maximum Gasteiger partial charge on any atom is 0.251 e. The molecule has 8 heteroatoms. The van der Waals surface area contributed by atoms with E-state index in [9.17, 15) is 9.18 Å².